The van der Waals surface area contributed by atoms with Crippen molar-refractivity contribution in [2.24, 2.45) is 5.92 Å². The van der Waals surface area contributed by atoms with Crippen LogP contribution in [-0.4, -0.2) is 30.5 Å². The Kier molecular flexibility index (Phi) is 4.23. The van der Waals surface area contributed by atoms with Crippen molar-refractivity contribution in [3.8, 4) is 0 Å². The van der Waals surface area contributed by atoms with Gasteiger partial charge in [-0.3, -0.25) is 5.41 Å². The van der Waals surface area contributed by atoms with Crippen molar-refractivity contribution < 1.29 is 13.2 Å². The summed E-state index contributed by atoms with van der Waals surface area (Å²) in [5.41, 5.74) is 0. The van der Waals surface area contributed by atoms with Crippen LogP contribution in [0.3, 0.4) is 0 Å². The van der Waals surface area contributed by atoms with Crippen molar-refractivity contribution >= 4 is 5.84 Å². The van der Waals surface area contributed by atoms with Gasteiger partial charge in [0.2, 0.25) is 0 Å². The first-order chi connectivity index (χ1) is 5.74. The van der Waals surface area contributed by atoms with Crippen LogP contribution < -0.4 is 0 Å². The van der Waals surface area contributed by atoms with E-state index in [0.717, 1.165) is 0 Å². The lowest BCUT2D eigenvalue weighted by Crippen LogP contribution is -2.32. The highest BCUT2D eigenvalue weighted by Gasteiger charge is 2.27. The fourth-order valence-electron chi connectivity index (χ4n) is 0.856. The summed E-state index contributed by atoms with van der Waals surface area (Å²) in [6.07, 6.45) is -5.00. The van der Waals surface area contributed by atoms with E-state index in [1.807, 2.05) is 0 Å². The molecule has 0 fully saturated rings. The molecule has 0 saturated heterocycles. The Morgan fingerprint density at radius 1 is 1.38 bits per heavy atom. The highest BCUT2D eigenvalue weighted by molar-refractivity contribution is 5.80. The molecule has 13 heavy (non-hydrogen) atoms. The first-order valence-electron chi connectivity index (χ1n) is 4.10. The van der Waals surface area contributed by atoms with Gasteiger partial charge in [0.25, 0.3) is 0 Å². The predicted molar refractivity (Wildman–Crippen MR) is 45.9 cm³/mol. The largest absolute Gasteiger partial charge is 0.390 e. The van der Waals surface area contributed by atoms with Gasteiger partial charge in [0.15, 0.2) is 0 Å². The molecular formula is C8H15F3N2. The molecule has 0 aromatic rings. The quantitative estimate of drug-likeness (QED) is 0.545. The van der Waals surface area contributed by atoms with Crippen molar-refractivity contribution in [1.29, 1.82) is 5.41 Å². The summed E-state index contributed by atoms with van der Waals surface area (Å²) in [4.78, 5) is 1.33. The van der Waals surface area contributed by atoms with Crippen LogP contribution >= 0.6 is 0 Å². The Morgan fingerprint density at radius 2 is 1.85 bits per heavy atom. The Bertz CT molecular complexity index is 175. The van der Waals surface area contributed by atoms with Crippen LogP contribution in [0.25, 0.3) is 0 Å². The number of nitrogens with one attached hydrogen (secondary N) is 1. The number of halogens is 3. The summed E-state index contributed by atoms with van der Waals surface area (Å²) >= 11 is 0. The van der Waals surface area contributed by atoms with Crippen LogP contribution in [-0.2, 0) is 0 Å². The Balaban J connectivity index is 3.88. The van der Waals surface area contributed by atoms with Gasteiger partial charge in [0.1, 0.15) is 0 Å². The number of nitrogens with zero attached hydrogens (tertiary/aromatic N) is 1. The molecule has 78 valence electrons. The molecule has 0 aliphatic carbocycles. The van der Waals surface area contributed by atoms with Crippen molar-refractivity contribution in [1.82, 2.24) is 4.90 Å². The summed E-state index contributed by atoms with van der Waals surface area (Å²) in [6, 6.07) is 0. The lowest BCUT2D eigenvalue weighted by atomic mass is 10.2. The van der Waals surface area contributed by atoms with Gasteiger partial charge < -0.3 is 4.90 Å². The predicted octanol–water partition coefficient (Wildman–Crippen LogP) is 2.50. The van der Waals surface area contributed by atoms with Crippen molar-refractivity contribution in [2.45, 2.75) is 26.4 Å². The summed E-state index contributed by atoms with van der Waals surface area (Å²) < 4.78 is 35.4. The molecule has 5 heteroatoms. The topological polar surface area (TPSA) is 27.1 Å². The van der Waals surface area contributed by atoms with Crippen LogP contribution in [0.5, 0.6) is 0 Å². The molecule has 0 heterocycles. The number of amidine groups is 1. The van der Waals surface area contributed by atoms with Gasteiger partial charge in [-0.2, -0.15) is 13.2 Å². The normalized spacial score (nSPS) is 11.9. The van der Waals surface area contributed by atoms with Crippen molar-refractivity contribution in [3.63, 3.8) is 0 Å². The minimum absolute atomic E-state index is 0.0294. The van der Waals surface area contributed by atoms with E-state index in [4.69, 9.17) is 5.41 Å². The maximum absolute atomic E-state index is 11.8. The van der Waals surface area contributed by atoms with E-state index < -0.39 is 12.6 Å². The van der Waals surface area contributed by atoms with Crippen molar-refractivity contribution in [3.05, 3.63) is 0 Å². The molecule has 0 spiro atoms. The summed E-state index contributed by atoms with van der Waals surface area (Å²) in [6.45, 7) is 3.43. The van der Waals surface area contributed by atoms with E-state index in [1.54, 1.807) is 13.8 Å². The second-order valence-electron chi connectivity index (χ2n) is 3.33. The lowest BCUT2D eigenvalue weighted by Gasteiger charge is -2.22. The molecule has 0 saturated carbocycles. The number of hydrogen-bond donors (Lipinski definition) is 1. The standard InChI is InChI=1S/C8H15F3N2/c1-6(2)7(12)13(3)5-4-8(9,10)11/h6,12H,4-5H2,1-3H3. The molecule has 2 nitrogen and oxygen atoms in total. The summed E-state index contributed by atoms with van der Waals surface area (Å²) in [5, 5.41) is 7.42. The first kappa shape index (κ1) is 12.3. The molecule has 0 bridgehead atoms. The zero-order valence-electron chi connectivity index (χ0n) is 8.07. The molecule has 0 atom stereocenters. The fourth-order valence-corrected chi connectivity index (χ4v) is 0.856. The summed E-state index contributed by atoms with van der Waals surface area (Å²) in [5.74, 6) is 0.211. The second-order valence-corrected chi connectivity index (χ2v) is 3.33. The molecule has 0 aromatic heterocycles. The fraction of sp³-hybridized carbons (Fsp3) is 0.875. The SMILES string of the molecule is CC(C)C(=N)N(C)CCC(F)(F)F. The average molecular weight is 196 g/mol. The van der Waals surface area contributed by atoms with Crippen LogP contribution in [0.2, 0.25) is 0 Å². The van der Waals surface area contributed by atoms with E-state index in [-0.39, 0.29) is 18.3 Å². The van der Waals surface area contributed by atoms with Gasteiger partial charge in [0, 0.05) is 19.5 Å². The zero-order chi connectivity index (χ0) is 10.6. The van der Waals surface area contributed by atoms with E-state index in [9.17, 15) is 13.2 Å². The molecule has 0 unspecified atom stereocenters. The van der Waals surface area contributed by atoms with E-state index in [2.05, 4.69) is 0 Å². The second kappa shape index (κ2) is 4.48. The van der Waals surface area contributed by atoms with Crippen LogP contribution in [0.15, 0.2) is 0 Å². The minimum atomic E-state index is -4.13. The van der Waals surface area contributed by atoms with E-state index in [0.29, 0.717) is 0 Å². The van der Waals surface area contributed by atoms with Gasteiger partial charge in [0.05, 0.1) is 12.3 Å². The number of rotatable bonds is 3. The lowest BCUT2D eigenvalue weighted by molar-refractivity contribution is -0.135. The molecule has 0 rings (SSSR count). The van der Waals surface area contributed by atoms with E-state index in [1.165, 1.54) is 11.9 Å². The minimum Gasteiger partial charge on any atom is -0.363 e. The first-order valence-corrected chi connectivity index (χ1v) is 4.10. The number of alkyl halides is 3. The van der Waals surface area contributed by atoms with E-state index >= 15 is 0 Å². The molecule has 0 aliphatic heterocycles. The highest BCUT2D eigenvalue weighted by atomic mass is 19.4. The third-order valence-electron chi connectivity index (χ3n) is 1.69. The van der Waals surface area contributed by atoms with Crippen LogP contribution in [0.4, 0.5) is 13.2 Å². The monoisotopic (exact) mass is 196 g/mol. The molecular weight excluding hydrogens is 181 g/mol. The van der Waals surface area contributed by atoms with Gasteiger partial charge in [-0.15, -0.1) is 0 Å². The summed E-state index contributed by atoms with van der Waals surface area (Å²) in [7, 11) is 1.51. The van der Waals surface area contributed by atoms with Crippen LogP contribution in [0.1, 0.15) is 20.3 Å². The molecule has 0 amide bonds. The molecule has 0 aromatic carbocycles. The zero-order valence-corrected chi connectivity index (χ0v) is 8.07. The van der Waals surface area contributed by atoms with Crippen molar-refractivity contribution in [2.75, 3.05) is 13.6 Å². The average Bonchev–Trinajstić information content (AvgIpc) is 1.97. The third-order valence-corrected chi connectivity index (χ3v) is 1.69. The highest BCUT2D eigenvalue weighted by Crippen LogP contribution is 2.19. The molecule has 1 N–H and O–H groups in total. The maximum Gasteiger partial charge on any atom is 0.390 e. The van der Waals surface area contributed by atoms with Gasteiger partial charge in [-0.05, 0) is 0 Å². The molecule has 0 aliphatic rings. The Labute approximate surface area is 76.2 Å². The van der Waals surface area contributed by atoms with Crippen LogP contribution in [0, 0.1) is 11.3 Å². The van der Waals surface area contributed by atoms with Gasteiger partial charge >= 0.3 is 6.18 Å². The van der Waals surface area contributed by atoms with Gasteiger partial charge in [-0.1, -0.05) is 13.8 Å². The Morgan fingerprint density at radius 3 is 2.15 bits per heavy atom. The van der Waals surface area contributed by atoms with Gasteiger partial charge in [-0.25, -0.2) is 0 Å². The molecule has 0 radical (unpaired) electrons. The third kappa shape index (κ3) is 5.49. The maximum atomic E-state index is 11.8. The number of hydrogen-bond acceptors (Lipinski definition) is 1. The smallest absolute Gasteiger partial charge is 0.363 e. The Hall–Kier alpha value is -0.740.